The molecule has 0 aliphatic rings. The van der Waals surface area contributed by atoms with Gasteiger partial charge in [-0.25, -0.2) is 9.13 Å². The molecule has 0 amide bonds. The zero-order valence-electron chi connectivity index (χ0n) is 64.4. The molecule has 0 saturated carbocycles. The maximum Gasteiger partial charge on any atom is 0.472 e. The summed E-state index contributed by atoms with van der Waals surface area (Å²) in [6, 6.07) is 0. The van der Waals surface area contributed by atoms with E-state index in [1.54, 1.807) is 0 Å². The third-order valence-electron chi connectivity index (χ3n) is 18.7. The van der Waals surface area contributed by atoms with Crippen molar-refractivity contribution in [2.45, 2.75) is 420 Å². The van der Waals surface area contributed by atoms with Crippen LogP contribution in [0.4, 0.5) is 0 Å². The molecule has 0 aromatic heterocycles. The summed E-state index contributed by atoms with van der Waals surface area (Å²) in [4.78, 5) is 72.9. The number of aliphatic hydroxyl groups is 1. The van der Waals surface area contributed by atoms with Crippen molar-refractivity contribution in [3.8, 4) is 0 Å². The zero-order chi connectivity index (χ0) is 72.4. The van der Waals surface area contributed by atoms with Gasteiger partial charge in [-0.05, 0) is 49.4 Å². The molecule has 0 bridgehead atoms. The third-order valence-corrected chi connectivity index (χ3v) is 20.6. The SMILES string of the molecule is CCC(C)CCCCCCCCC(=O)OC[C@H](COP(=O)(O)OC[C@H](O)COP(=O)(O)OC[C@@H](COC(=O)CCCCCCCCCCCCC(C)C)OC(=O)CCCCCCCCCCCCCCCC(C)C)OC(=O)CCCCCCCCCCCCCCCCCCC(C)C. The van der Waals surface area contributed by atoms with Crippen LogP contribution in [0.25, 0.3) is 0 Å². The highest BCUT2D eigenvalue weighted by Crippen LogP contribution is 2.45. The molecule has 6 atom stereocenters. The second kappa shape index (κ2) is 68.2. The average Bonchev–Trinajstić information content (AvgIpc) is 1.19. The fourth-order valence-electron chi connectivity index (χ4n) is 12.0. The number of phosphoric acid groups is 2. The van der Waals surface area contributed by atoms with Crippen LogP contribution in [-0.2, 0) is 65.4 Å². The summed E-state index contributed by atoms with van der Waals surface area (Å²) in [6.45, 7) is 14.2. The minimum absolute atomic E-state index is 0.107. The molecule has 0 aliphatic heterocycles. The maximum atomic E-state index is 13.1. The van der Waals surface area contributed by atoms with Crippen molar-refractivity contribution >= 4 is 39.5 Å². The van der Waals surface area contributed by atoms with Gasteiger partial charge in [0.05, 0.1) is 26.4 Å². The molecule has 0 radical (unpaired) electrons. The maximum absolute atomic E-state index is 13.1. The molecule has 0 heterocycles. The number of ether oxygens (including phenoxy) is 4. The molecule has 0 saturated heterocycles. The molecule has 0 fully saturated rings. The normalized spacial score (nSPS) is 14.3. The molecule has 0 spiro atoms. The van der Waals surface area contributed by atoms with E-state index in [9.17, 15) is 43.2 Å². The van der Waals surface area contributed by atoms with Gasteiger partial charge >= 0.3 is 39.5 Å². The van der Waals surface area contributed by atoms with Gasteiger partial charge in [-0.15, -0.1) is 0 Å². The molecule has 0 aromatic carbocycles. The summed E-state index contributed by atoms with van der Waals surface area (Å²) in [5.74, 6) is 0.968. The van der Waals surface area contributed by atoms with Crippen LogP contribution in [0, 0.1) is 23.7 Å². The van der Waals surface area contributed by atoms with Crippen LogP contribution in [0.15, 0.2) is 0 Å². The Balaban J connectivity index is 5.23. The monoisotopic (exact) mass is 1440 g/mol. The van der Waals surface area contributed by atoms with Crippen LogP contribution in [-0.4, -0.2) is 96.7 Å². The zero-order valence-corrected chi connectivity index (χ0v) is 66.2. The molecule has 98 heavy (non-hydrogen) atoms. The Kier molecular flexibility index (Phi) is 66.8. The molecule has 17 nitrogen and oxygen atoms in total. The average molecular weight is 1440 g/mol. The fourth-order valence-corrected chi connectivity index (χ4v) is 13.6. The lowest BCUT2D eigenvalue weighted by Gasteiger charge is -2.21. The predicted octanol–water partition coefficient (Wildman–Crippen LogP) is 23.2. The molecule has 0 aliphatic carbocycles. The van der Waals surface area contributed by atoms with Crippen molar-refractivity contribution in [1.82, 2.24) is 0 Å². The Morgan fingerprint density at radius 1 is 0.286 bits per heavy atom. The lowest BCUT2D eigenvalue weighted by Crippen LogP contribution is -2.30. The van der Waals surface area contributed by atoms with Gasteiger partial charge in [0.2, 0.25) is 0 Å². The highest BCUT2D eigenvalue weighted by Gasteiger charge is 2.30. The van der Waals surface area contributed by atoms with Crippen molar-refractivity contribution in [2.75, 3.05) is 39.6 Å². The molecule has 3 unspecified atom stereocenters. The summed E-state index contributed by atoms with van der Waals surface area (Å²) in [5.41, 5.74) is 0. The number of rotatable bonds is 76. The largest absolute Gasteiger partial charge is 0.472 e. The molecular formula is C79H154O17P2. The van der Waals surface area contributed by atoms with E-state index < -0.39 is 97.5 Å². The molecule has 582 valence electrons. The van der Waals surface area contributed by atoms with Crippen LogP contribution >= 0.6 is 15.6 Å². The first-order valence-corrected chi connectivity index (χ1v) is 43.7. The van der Waals surface area contributed by atoms with Crippen LogP contribution in [0.1, 0.15) is 402 Å². The van der Waals surface area contributed by atoms with Gasteiger partial charge in [-0.2, -0.15) is 0 Å². The summed E-state index contributed by atoms with van der Waals surface area (Å²) >= 11 is 0. The van der Waals surface area contributed by atoms with Gasteiger partial charge in [0.1, 0.15) is 19.3 Å². The van der Waals surface area contributed by atoms with Gasteiger partial charge in [-0.1, -0.05) is 351 Å². The van der Waals surface area contributed by atoms with E-state index in [-0.39, 0.29) is 25.7 Å². The molecule has 0 rings (SSSR count). The Hall–Kier alpha value is -1.94. The molecule has 19 heteroatoms. The number of hydrogen-bond donors (Lipinski definition) is 3. The van der Waals surface area contributed by atoms with Crippen molar-refractivity contribution in [3.63, 3.8) is 0 Å². The van der Waals surface area contributed by atoms with E-state index in [0.717, 1.165) is 120 Å². The Bertz CT molecular complexity index is 1920. The smallest absolute Gasteiger partial charge is 0.462 e. The Morgan fingerprint density at radius 3 is 0.724 bits per heavy atom. The molecule has 0 aromatic rings. The first kappa shape index (κ1) is 96.1. The van der Waals surface area contributed by atoms with Gasteiger partial charge in [0, 0.05) is 25.7 Å². The van der Waals surface area contributed by atoms with Crippen LogP contribution in [0.5, 0.6) is 0 Å². The lowest BCUT2D eigenvalue weighted by atomic mass is 10.00. The second-order valence-corrected chi connectivity index (χ2v) is 33.0. The van der Waals surface area contributed by atoms with Crippen molar-refractivity contribution in [3.05, 3.63) is 0 Å². The third kappa shape index (κ3) is 71.1. The minimum Gasteiger partial charge on any atom is -0.462 e. The highest BCUT2D eigenvalue weighted by atomic mass is 31.2. The predicted molar refractivity (Wildman–Crippen MR) is 400 cm³/mol. The quantitative estimate of drug-likeness (QED) is 0.0222. The van der Waals surface area contributed by atoms with Gasteiger partial charge in [0.15, 0.2) is 12.2 Å². The number of hydrogen-bond acceptors (Lipinski definition) is 15. The summed E-state index contributed by atoms with van der Waals surface area (Å²) in [5, 5.41) is 10.6. The van der Waals surface area contributed by atoms with Crippen LogP contribution in [0.3, 0.4) is 0 Å². The van der Waals surface area contributed by atoms with E-state index in [1.165, 1.54) is 199 Å². The number of aliphatic hydroxyl groups excluding tert-OH is 1. The van der Waals surface area contributed by atoms with E-state index in [1.807, 2.05) is 0 Å². The van der Waals surface area contributed by atoms with E-state index in [2.05, 4.69) is 55.4 Å². The number of phosphoric ester groups is 2. The first-order chi connectivity index (χ1) is 47.1. The van der Waals surface area contributed by atoms with E-state index >= 15 is 0 Å². The Morgan fingerprint density at radius 2 is 0.490 bits per heavy atom. The van der Waals surface area contributed by atoms with Crippen molar-refractivity contribution < 1.29 is 80.2 Å². The summed E-state index contributed by atoms with van der Waals surface area (Å²) in [6.07, 6.45) is 54.1. The second-order valence-electron chi connectivity index (χ2n) is 30.1. The topological polar surface area (TPSA) is 237 Å². The van der Waals surface area contributed by atoms with Crippen molar-refractivity contribution in [2.24, 2.45) is 23.7 Å². The molecular weight excluding hydrogens is 1280 g/mol. The fraction of sp³-hybridized carbons (Fsp3) is 0.949. The van der Waals surface area contributed by atoms with E-state index in [4.69, 9.17) is 37.0 Å². The number of esters is 4. The Labute approximate surface area is 600 Å². The van der Waals surface area contributed by atoms with Crippen molar-refractivity contribution in [1.29, 1.82) is 0 Å². The summed E-state index contributed by atoms with van der Waals surface area (Å²) in [7, 11) is -9.92. The van der Waals surface area contributed by atoms with Gasteiger partial charge in [-0.3, -0.25) is 37.3 Å². The van der Waals surface area contributed by atoms with E-state index in [0.29, 0.717) is 25.7 Å². The highest BCUT2D eigenvalue weighted by molar-refractivity contribution is 7.47. The van der Waals surface area contributed by atoms with Gasteiger partial charge < -0.3 is 33.8 Å². The molecule has 3 N–H and O–H groups in total. The minimum atomic E-state index is -4.96. The van der Waals surface area contributed by atoms with Crippen LogP contribution in [0.2, 0.25) is 0 Å². The van der Waals surface area contributed by atoms with Crippen LogP contribution < -0.4 is 0 Å². The number of unbranched alkanes of at least 4 members (excludes halogenated alkanes) is 41. The summed E-state index contributed by atoms with van der Waals surface area (Å²) < 4.78 is 68.6. The standard InChI is InChI=1S/C79H154O17P2/c1-9-72(8)58-50-42-37-38-44-52-60-77(82)90-66-75(96-79(84)61-53-45-35-29-21-17-13-11-10-12-15-19-25-31-39-47-55-69(2)3)68-94-98(87,88)92-64-73(80)63-91-97(85,86)93-67-74(65-89-76(81)59-51-43-34-28-24-23-27-33-41-49-57-71(6)7)95-78(83)62-54-46-36-30-22-18-14-16-20-26-32-40-48-56-70(4)5/h69-75,80H,9-68H2,1-8H3,(H,85,86)(H,87,88)/t72?,73-,74-,75-/m1/s1. The van der Waals surface area contributed by atoms with Gasteiger partial charge in [0.25, 0.3) is 0 Å². The lowest BCUT2D eigenvalue weighted by molar-refractivity contribution is -0.161. The number of carbonyl (C=O) groups excluding carboxylic acids is 4. The first-order valence-electron chi connectivity index (χ1n) is 40.7. The number of carbonyl (C=O) groups is 4.